The first-order valence-electron chi connectivity index (χ1n) is 8.58. The number of hydrogen-bond donors (Lipinski definition) is 0. The summed E-state index contributed by atoms with van der Waals surface area (Å²) in [6.45, 7) is 1.91. The molecule has 0 spiro atoms. The van der Waals surface area contributed by atoms with E-state index in [-0.39, 0.29) is 23.9 Å². The van der Waals surface area contributed by atoms with Crippen molar-refractivity contribution in [1.82, 2.24) is 4.90 Å². The molecule has 2 saturated heterocycles. The van der Waals surface area contributed by atoms with Crippen LogP contribution >= 0.6 is 0 Å². The Balaban J connectivity index is 1.51. The van der Waals surface area contributed by atoms with Crippen molar-refractivity contribution >= 4 is 12.1 Å². The Hall–Kier alpha value is -2.00. The van der Waals surface area contributed by atoms with Crippen LogP contribution in [0.4, 0.5) is 4.39 Å². The van der Waals surface area contributed by atoms with E-state index in [1.54, 1.807) is 6.20 Å². The van der Waals surface area contributed by atoms with Gasteiger partial charge in [0.15, 0.2) is 0 Å². The SMILES string of the molecule is N#CCC1=CC2C=NC=CC2N=C1OC[C@@]12CCCN1C[C@H](F)C2. The standard InChI is InChI=1S/C18H21FN4O/c19-15-9-18(4-1-7-23(18)11-15)12-24-17-13(2-5-20)8-14-10-21-6-3-16(14)22-17/h3,6,8,10,14-16H,1-2,4,7,9,11-12H2/t14?,15-,16?,18+/m1/s1. The summed E-state index contributed by atoms with van der Waals surface area (Å²) in [4.78, 5) is 11.1. The summed E-state index contributed by atoms with van der Waals surface area (Å²) < 4.78 is 19.9. The number of rotatable bonds is 3. The van der Waals surface area contributed by atoms with Crippen molar-refractivity contribution < 1.29 is 9.13 Å². The Bertz CT molecular complexity index is 677. The van der Waals surface area contributed by atoms with Gasteiger partial charge < -0.3 is 4.74 Å². The molecule has 4 heterocycles. The number of nitriles is 1. The maximum atomic E-state index is 13.9. The van der Waals surface area contributed by atoms with Crippen LogP contribution in [0.15, 0.2) is 33.9 Å². The van der Waals surface area contributed by atoms with Crippen molar-refractivity contribution in [1.29, 1.82) is 5.26 Å². The van der Waals surface area contributed by atoms with Crippen molar-refractivity contribution in [2.45, 2.75) is 43.4 Å². The van der Waals surface area contributed by atoms with Crippen LogP contribution in [0.5, 0.6) is 0 Å². The molecule has 24 heavy (non-hydrogen) atoms. The van der Waals surface area contributed by atoms with Gasteiger partial charge in [-0.3, -0.25) is 9.89 Å². The number of alkyl halides is 1. The Morgan fingerprint density at radius 2 is 2.42 bits per heavy atom. The van der Waals surface area contributed by atoms with Crippen LogP contribution in [0.25, 0.3) is 0 Å². The zero-order valence-corrected chi connectivity index (χ0v) is 13.6. The Morgan fingerprint density at radius 3 is 3.29 bits per heavy atom. The van der Waals surface area contributed by atoms with Gasteiger partial charge in [0, 0.05) is 36.9 Å². The van der Waals surface area contributed by atoms with Gasteiger partial charge in [0.05, 0.1) is 24.1 Å². The number of ether oxygens (including phenoxy) is 1. The minimum absolute atomic E-state index is 0.0189. The topological polar surface area (TPSA) is 61.0 Å². The minimum atomic E-state index is -0.766. The van der Waals surface area contributed by atoms with Crippen molar-refractivity contribution in [3.63, 3.8) is 0 Å². The largest absolute Gasteiger partial charge is 0.476 e. The fourth-order valence-corrected chi connectivity index (χ4v) is 4.30. The van der Waals surface area contributed by atoms with Gasteiger partial charge in [-0.2, -0.15) is 5.26 Å². The van der Waals surface area contributed by atoms with Crippen LogP contribution in [-0.4, -0.2) is 54.5 Å². The summed E-state index contributed by atoms with van der Waals surface area (Å²) in [6.07, 6.45) is 9.67. The van der Waals surface area contributed by atoms with E-state index in [1.165, 1.54) is 0 Å². The van der Waals surface area contributed by atoms with E-state index in [0.29, 0.717) is 25.5 Å². The highest BCUT2D eigenvalue weighted by molar-refractivity contribution is 5.96. The molecule has 6 heteroatoms. The summed E-state index contributed by atoms with van der Waals surface area (Å²) in [7, 11) is 0. The molecule has 5 nitrogen and oxygen atoms in total. The smallest absolute Gasteiger partial charge is 0.213 e. The second-order valence-electron chi connectivity index (χ2n) is 7.03. The molecular weight excluding hydrogens is 307 g/mol. The Kier molecular flexibility index (Phi) is 3.97. The average Bonchev–Trinajstić information content (AvgIpc) is 3.09. The predicted octanol–water partition coefficient (Wildman–Crippen LogP) is 2.41. The maximum absolute atomic E-state index is 13.9. The van der Waals surface area contributed by atoms with E-state index in [9.17, 15) is 4.39 Å². The molecule has 0 aromatic carbocycles. The van der Waals surface area contributed by atoms with E-state index in [1.807, 2.05) is 18.4 Å². The van der Waals surface area contributed by atoms with Crippen molar-refractivity contribution in [2.24, 2.45) is 15.9 Å². The van der Waals surface area contributed by atoms with Crippen LogP contribution in [0.3, 0.4) is 0 Å². The minimum Gasteiger partial charge on any atom is -0.476 e. The fourth-order valence-electron chi connectivity index (χ4n) is 4.30. The van der Waals surface area contributed by atoms with Crippen LogP contribution in [0, 0.1) is 17.2 Å². The lowest BCUT2D eigenvalue weighted by Crippen LogP contribution is -2.43. The molecule has 0 amide bonds. The monoisotopic (exact) mass is 328 g/mol. The second kappa shape index (κ2) is 6.14. The Morgan fingerprint density at radius 1 is 1.50 bits per heavy atom. The molecule has 4 atom stereocenters. The van der Waals surface area contributed by atoms with Crippen LogP contribution in [-0.2, 0) is 4.74 Å². The highest BCUT2D eigenvalue weighted by Crippen LogP contribution is 2.40. The van der Waals surface area contributed by atoms with Gasteiger partial charge in [-0.05, 0) is 25.5 Å². The molecule has 4 rings (SSSR count). The van der Waals surface area contributed by atoms with Crippen LogP contribution in [0.2, 0.25) is 0 Å². The quantitative estimate of drug-likeness (QED) is 0.799. The van der Waals surface area contributed by atoms with Crippen LogP contribution in [0.1, 0.15) is 25.7 Å². The van der Waals surface area contributed by atoms with Gasteiger partial charge >= 0.3 is 0 Å². The molecule has 0 aliphatic carbocycles. The summed E-state index contributed by atoms with van der Waals surface area (Å²) in [5.74, 6) is 0.634. The third-order valence-electron chi connectivity index (χ3n) is 5.46. The van der Waals surface area contributed by atoms with Crippen LogP contribution < -0.4 is 0 Å². The van der Waals surface area contributed by atoms with E-state index in [4.69, 9.17) is 10.00 Å². The van der Waals surface area contributed by atoms with E-state index in [2.05, 4.69) is 21.0 Å². The summed E-state index contributed by atoms with van der Waals surface area (Å²) in [5.41, 5.74) is 0.622. The fraction of sp³-hybridized carbons (Fsp3) is 0.611. The third kappa shape index (κ3) is 2.67. The molecule has 2 unspecified atom stereocenters. The van der Waals surface area contributed by atoms with Crippen molar-refractivity contribution in [3.05, 3.63) is 23.9 Å². The van der Waals surface area contributed by atoms with Crippen molar-refractivity contribution in [2.75, 3.05) is 19.7 Å². The zero-order chi connectivity index (χ0) is 16.6. The molecule has 126 valence electrons. The summed E-state index contributed by atoms with van der Waals surface area (Å²) >= 11 is 0. The molecule has 0 aromatic heterocycles. The maximum Gasteiger partial charge on any atom is 0.213 e. The van der Waals surface area contributed by atoms with Crippen molar-refractivity contribution in [3.8, 4) is 6.07 Å². The molecule has 4 aliphatic rings. The molecule has 2 fully saturated rings. The predicted molar refractivity (Wildman–Crippen MR) is 89.7 cm³/mol. The second-order valence-corrected chi connectivity index (χ2v) is 7.03. The first-order chi connectivity index (χ1) is 11.7. The highest BCUT2D eigenvalue weighted by Gasteiger charge is 2.49. The van der Waals surface area contributed by atoms with E-state index >= 15 is 0 Å². The zero-order valence-electron chi connectivity index (χ0n) is 13.6. The van der Waals surface area contributed by atoms with Gasteiger partial charge in [0.1, 0.15) is 12.8 Å². The number of aliphatic imine (C=N–C) groups is 2. The number of hydrogen-bond acceptors (Lipinski definition) is 5. The van der Waals surface area contributed by atoms with Gasteiger partial charge in [0.25, 0.3) is 0 Å². The molecule has 0 radical (unpaired) electrons. The molecular formula is C18H21FN4O. The van der Waals surface area contributed by atoms with E-state index in [0.717, 1.165) is 25.0 Å². The van der Waals surface area contributed by atoms with Gasteiger partial charge in [-0.1, -0.05) is 6.08 Å². The van der Waals surface area contributed by atoms with Gasteiger partial charge in [-0.15, -0.1) is 0 Å². The van der Waals surface area contributed by atoms with Gasteiger partial charge in [0.2, 0.25) is 5.90 Å². The van der Waals surface area contributed by atoms with Gasteiger partial charge in [-0.25, -0.2) is 9.38 Å². The average molecular weight is 328 g/mol. The number of halogens is 1. The first-order valence-corrected chi connectivity index (χ1v) is 8.58. The summed E-state index contributed by atoms with van der Waals surface area (Å²) in [6, 6.07) is 2.16. The lowest BCUT2D eigenvalue weighted by molar-refractivity contribution is 0.106. The lowest BCUT2D eigenvalue weighted by Gasteiger charge is -2.33. The third-order valence-corrected chi connectivity index (χ3v) is 5.46. The lowest BCUT2D eigenvalue weighted by atomic mass is 9.92. The molecule has 0 aromatic rings. The molecule has 0 saturated carbocycles. The molecule has 0 bridgehead atoms. The Labute approximate surface area is 141 Å². The molecule has 0 N–H and O–H groups in total. The summed E-state index contributed by atoms with van der Waals surface area (Å²) in [5, 5.41) is 9.09. The van der Waals surface area contributed by atoms with E-state index < -0.39 is 6.17 Å². The number of fused-ring (bicyclic) bond motifs is 2. The number of nitrogens with zero attached hydrogens (tertiary/aromatic N) is 4. The molecule has 4 aliphatic heterocycles. The first kappa shape index (κ1) is 15.5. The number of dihydropyridines is 1. The normalized spacial score (nSPS) is 37.4. The highest BCUT2D eigenvalue weighted by atomic mass is 19.1.